The zero-order valence-corrected chi connectivity index (χ0v) is 21.4. The smallest absolute Gasteiger partial charge is 0.408 e. The number of hydrogen-bond acceptors (Lipinski definition) is 7. The minimum atomic E-state index is -0.827. The summed E-state index contributed by atoms with van der Waals surface area (Å²) in [5.74, 6) is -0.0144. The Bertz CT molecular complexity index is 1020. The molecule has 35 heavy (non-hydrogen) atoms. The molecule has 0 spiro atoms. The summed E-state index contributed by atoms with van der Waals surface area (Å²) in [7, 11) is 1.63. The molecule has 0 aliphatic carbocycles. The summed E-state index contributed by atoms with van der Waals surface area (Å²) in [5.41, 5.74) is 1.11. The maximum absolute atomic E-state index is 12.1. The molecule has 2 rings (SSSR count). The molecule has 0 fully saturated rings. The molecule has 1 heterocycles. The minimum Gasteiger partial charge on any atom is -0.497 e. The number of rotatable bonds is 11. The van der Waals surface area contributed by atoms with Gasteiger partial charge in [0.2, 0.25) is 11.8 Å². The number of amides is 3. The van der Waals surface area contributed by atoms with Gasteiger partial charge in [0.05, 0.1) is 24.9 Å². The molecule has 2 atom stereocenters. The average molecular weight is 488 g/mol. The number of alkyl carbamates (subject to hydrolysis) is 1. The first-order valence-corrected chi connectivity index (χ1v) is 11.7. The van der Waals surface area contributed by atoms with Crippen LogP contribution in [0.1, 0.15) is 47.5 Å². The maximum atomic E-state index is 12.1. The molecular formula is C25H37N5O5. The van der Waals surface area contributed by atoms with Gasteiger partial charge in [-0.1, -0.05) is 6.07 Å². The lowest BCUT2D eigenvalue weighted by Crippen LogP contribution is -2.48. The monoisotopic (exact) mass is 487 g/mol. The molecule has 4 N–H and O–H groups in total. The summed E-state index contributed by atoms with van der Waals surface area (Å²) in [5, 5.41) is 12.2. The molecule has 10 heteroatoms. The van der Waals surface area contributed by atoms with Gasteiger partial charge in [0.15, 0.2) is 0 Å². The van der Waals surface area contributed by atoms with Crippen molar-refractivity contribution in [3.63, 3.8) is 0 Å². The van der Waals surface area contributed by atoms with Crippen LogP contribution < -0.4 is 26.0 Å². The highest BCUT2D eigenvalue weighted by atomic mass is 16.6. The number of ether oxygens (including phenoxy) is 2. The number of benzene rings is 1. The molecule has 0 radical (unpaired) electrons. The first kappa shape index (κ1) is 27.7. The molecule has 3 amide bonds. The summed E-state index contributed by atoms with van der Waals surface area (Å²) in [6, 6.07) is 7.06. The Morgan fingerprint density at radius 2 is 1.86 bits per heavy atom. The Hall–Kier alpha value is -3.56. The van der Waals surface area contributed by atoms with Crippen LogP contribution in [0.15, 0.2) is 30.5 Å². The molecule has 0 aliphatic rings. The second-order valence-electron chi connectivity index (χ2n) is 9.37. The Morgan fingerprint density at radius 1 is 1.11 bits per heavy atom. The van der Waals surface area contributed by atoms with E-state index in [1.54, 1.807) is 34.1 Å². The third kappa shape index (κ3) is 9.68. The largest absolute Gasteiger partial charge is 0.497 e. The number of fused-ring (bicyclic) bond motifs is 1. The number of aromatic nitrogens is 1. The maximum Gasteiger partial charge on any atom is 0.408 e. The van der Waals surface area contributed by atoms with Crippen LogP contribution in [0.5, 0.6) is 5.75 Å². The summed E-state index contributed by atoms with van der Waals surface area (Å²) in [6.45, 7) is 9.09. The van der Waals surface area contributed by atoms with Gasteiger partial charge in [-0.25, -0.2) is 4.79 Å². The lowest BCUT2D eigenvalue weighted by Gasteiger charge is -2.21. The molecule has 0 saturated heterocycles. The van der Waals surface area contributed by atoms with Crippen LogP contribution >= 0.6 is 0 Å². The van der Waals surface area contributed by atoms with Crippen molar-refractivity contribution >= 4 is 34.5 Å². The Labute approximate surface area is 206 Å². The predicted molar refractivity (Wildman–Crippen MR) is 135 cm³/mol. The number of carbonyl (C=O) groups excluding carboxylic acids is 3. The van der Waals surface area contributed by atoms with Crippen molar-refractivity contribution in [3.05, 3.63) is 30.5 Å². The second kappa shape index (κ2) is 12.8. The molecule has 0 bridgehead atoms. The number of carbonyl (C=O) groups is 3. The minimum absolute atomic E-state index is 0.142. The van der Waals surface area contributed by atoms with Gasteiger partial charge in [-0.15, -0.1) is 0 Å². The summed E-state index contributed by atoms with van der Waals surface area (Å²) >= 11 is 0. The van der Waals surface area contributed by atoms with E-state index in [9.17, 15) is 14.4 Å². The summed E-state index contributed by atoms with van der Waals surface area (Å²) in [6.07, 6.45) is 2.63. The number of nitrogens with one attached hydrogen (secondary N) is 4. The lowest BCUT2D eigenvalue weighted by atomic mass is 10.1. The van der Waals surface area contributed by atoms with E-state index >= 15 is 0 Å². The predicted octanol–water partition coefficient (Wildman–Crippen LogP) is 2.97. The van der Waals surface area contributed by atoms with Crippen molar-refractivity contribution in [3.8, 4) is 5.75 Å². The molecule has 1 aromatic carbocycles. The lowest BCUT2D eigenvalue weighted by molar-refractivity contribution is -0.127. The van der Waals surface area contributed by atoms with Crippen molar-refractivity contribution < 1.29 is 23.9 Å². The molecule has 192 valence electrons. The zero-order valence-electron chi connectivity index (χ0n) is 21.4. The fourth-order valence-electron chi connectivity index (χ4n) is 3.30. The van der Waals surface area contributed by atoms with Crippen LogP contribution in [0.3, 0.4) is 0 Å². The van der Waals surface area contributed by atoms with Crippen LogP contribution in [-0.4, -0.2) is 60.8 Å². The molecule has 0 aliphatic heterocycles. The first-order chi connectivity index (χ1) is 16.5. The zero-order chi connectivity index (χ0) is 26.0. The van der Waals surface area contributed by atoms with Gasteiger partial charge in [-0.05, 0) is 59.6 Å². The molecule has 1 aromatic heterocycles. The van der Waals surface area contributed by atoms with E-state index in [0.29, 0.717) is 6.54 Å². The number of anilines is 1. The molecule has 2 aromatic rings. The van der Waals surface area contributed by atoms with Gasteiger partial charge in [0, 0.05) is 30.2 Å². The summed E-state index contributed by atoms with van der Waals surface area (Å²) < 4.78 is 10.5. The number of methoxy groups -OCH3 is 1. The van der Waals surface area contributed by atoms with Crippen LogP contribution in [0.4, 0.5) is 10.5 Å². The van der Waals surface area contributed by atoms with E-state index in [1.165, 1.54) is 6.92 Å². The van der Waals surface area contributed by atoms with E-state index in [1.807, 2.05) is 24.3 Å². The highest BCUT2D eigenvalue weighted by Crippen LogP contribution is 2.28. The van der Waals surface area contributed by atoms with E-state index in [0.717, 1.165) is 35.2 Å². The van der Waals surface area contributed by atoms with Crippen molar-refractivity contribution in [2.45, 2.75) is 65.1 Å². The topological polar surface area (TPSA) is 131 Å². The normalized spacial score (nSPS) is 12.9. The Kier molecular flexibility index (Phi) is 10.1. The molecular weight excluding hydrogens is 450 g/mol. The second-order valence-corrected chi connectivity index (χ2v) is 9.37. The van der Waals surface area contributed by atoms with Crippen molar-refractivity contribution in [1.29, 1.82) is 0 Å². The van der Waals surface area contributed by atoms with Crippen LogP contribution in [0.25, 0.3) is 10.9 Å². The van der Waals surface area contributed by atoms with Crippen LogP contribution in [-0.2, 0) is 14.3 Å². The number of nitrogens with zero attached hydrogens (tertiary/aromatic N) is 1. The number of hydrogen-bond donors (Lipinski definition) is 4. The van der Waals surface area contributed by atoms with Gasteiger partial charge in [-0.3, -0.25) is 14.6 Å². The van der Waals surface area contributed by atoms with E-state index < -0.39 is 23.6 Å². The standard InChI is InChI=1S/C25H37N5O5/c1-16(29-20-14-19(34-6)13-18-10-8-12-27-22(18)20)9-7-11-26-21(31)15-28-23(32)17(2)30-24(33)35-25(3,4)5/h8,10,12-14,16-17,29H,7,9,11,15H2,1-6H3,(H,26,31)(H,28,32)(H,30,33)/t16?,17-/m0/s1. The quantitative estimate of drug-likeness (QED) is 0.359. The highest BCUT2D eigenvalue weighted by Gasteiger charge is 2.21. The highest BCUT2D eigenvalue weighted by molar-refractivity contribution is 5.92. The number of pyridine rings is 1. The Morgan fingerprint density at radius 3 is 2.54 bits per heavy atom. The van der Waals surface area contributed by atoms with E-state index in [-0.39, 0.29) is 18.5 Å². The van der Waals surface area contributed by atoms with Gasteiger partial charge >= 0.3 is 6.09 Å². The molecule has 1 unspecified atom stereocenters. The van der Waals surface area contributed by atoms with Crippen LogP contribution in [0.2, 0.25) is 0 Å². The fraction of sp³-hybridized carbons (Fsp3) is 0.520. The van der Waals surface area contributed by atoms with Crippen molar-refractivity contribution in [2.24, 2.45) is 0 Å². The van der Waals surface area contributed by atoms with Gasteiger partial charge in [0.1, 0.15) is 17.4 Å². The SMILES string of the molecule is COc1cc(NC(C)CCCNC(=O)CNC(=O)[C@H](C)NC(=O)OC(C)(C)C)c2ncccc2c1. The molecule has 10 nitrogen and oxygen atoms in total. The Balaban J connectivity index is 1.69. The van der Waals surface area contributed by atoms with Gasteiger partial charge in [0.25, 0.3) is 0 Å². The van der Waals surface area contributed by atoms with E-state index in [2.05, 4.69) is 33.2 Å². The van der Waals surface area contributed by atoms with Crippen molar-refractivity contribution in [2.75, 3.05) is 25.5 Å². The third-order valence-corrected chi connectivity index (χ3v) is 5.00. The average Bonchev–Trinajstić information content (AvgIpc) is 2.78. The first-order valence-electron chi connectivity index (χ1n) is 11.7. The van der Waals surface area contributed by atoms with Gasteiger partial charge < -0.3 is 30.7 Å². The van der Waals surface area contributed by atoms with Gasteiger partial charge in [-0.2, -0.15) is 0 Å². The summed E-state index contributed by atoms with van der Waals surface area (Å²) in [4.78, 5) is 40.4. The third-order valence-electron chi connectivity index (χ3n) is 5.00. The van der Waals surface area contributed by atoms with Crippen molar-refractivity contribution in [1.82, 2.24) is 20.9 Å². The molecule has 0 saturated carbocycles. The fourth-order valence-corrected chi connectivity index (χ4v) is 3.30. The van der Waals surface area contributed by atoms with Crippen LogP contribution in [0, 0.1) is 0 Å². The van der Waals surface area contributed by atoms with E-state index in [4.69, 9.17) is 9.47 Å².